The summed E-state index contributed by atoms with van der Waals surface area (Å²) in [5, 5.41) is 2.59. The Morgan fingerprint density at radius 2 is 1.81 bits per heavy atom. The molecule has 186 valence electrons. The standard InChI is InChI=1S/C26H18F3N5O3/c27-26(28,29)37-22-12-2-1-7-16(22)18-9-4-11-20(31-18)24(36)34-25-32-19-10-3-8-17(23(19)33-25)21(35)14-15-6-5-13-30-15/h1-5,7-13H,6,14H2,(H2,32,33,34,36). The number of aromatic amines is 1. The van der Waals surface area contributed by atoms with E-state index in [9.17, 15) is 22.8 Å². The number of ether oxygens (including phenoxy) is 1. The molecule has 11 heteroatoms. The van der Waals surface area contributed by atoms with Crippen LogP contribution in [0.1, 0.15) is 33.7 Å². The lowest BCUT2D eigenvalue weighted by Gasteiger charge is -2.13. The van der Waals surface area contributed by atoms with Crippen molar-refractivity contribution in [2.24, 2.45) is 4.99 Å². The Kier molecular flexibility index (Phi) is 6.26. The molecule has 0 atom stereocenters. The molecule has 2 aromatic heterocycles. The lowest BCUT2D eigenvalue weighted by molar-refractivity contribution is -0.274. The zero-order valence-corrected chi connectivity index (χ0v) is 19.0. The number of hydrogen-bond acceptors (Lipinski definition) is 6. The van der Waals surface area contributed by atoms with Crippen molar-refractivity contribution in [2.45, 2.75) is 19.2 Å². The zero-order valence-electron chi connectivity index (χ0n) is 19.0. The molecule has 2 N–H and O–H groups in total. The van der Waals surface area contributed by atoms with Gasteiger partial charge in [0.2, 0.25) is 5.95 Å². The maximum atomic E-state index is 12.9. The number of H-pyrrole nitrogens is 1. The van der Waals surface area contributed by atoms with E-state index in [2.05, 4.69) is 30.0 Å². The minimum atomic E-state index is -4.88. The van der Waals surface area contributed by atoms with E-state index in [-0.39, 0.29) is 35.1 Å². The number of allylic oxidation sites excluding steroid dienone is 1. The number of imidazole rings is 1. The molecule has 0 fully saturated rings. The van der Waals surface area contributed by atoms with E-state index in [0.29, 0.717) is 23.0 Å². The van der Waals surface area contributed by atoms with Crippen molar-refractivity contribution >= 4 is 34.4 Å². The number of carbonyl (C=O) groups excluding carboxylic acids is 2. The highest BCUT2D eigenvalue weighted by atomic mass is 19.4. The van der Waals surface area contributed by atoms with Crippen molar-refractivity contribution < 1.29 is 27.5 Å². The molecule has 8 nitrogen and oxygen atoms in total. The molecule has 4 aromatic rings. The van der Waals surface area contributed by atoms with E-state index in [0.717, 1.165) is 5.71 Å². The number of fused-ring (bicyclic) bond motifs is 1. The number of para-hydroxylation sites is 2. The van der Waals surface area contributed by atoms with Crippen LogP contribution in [0.15, 0.2) is 77.9 Å². The van der Waals surface area contributed by atoms with Crippen LogP contribution in [0, 0.1) is 0 Å². The minimum Gasteiger partial charge on any atom is -0.405 e. The summed E-state index contributed by atoms with van der Waals surface area (Å²) in [7, 11) is 0. The van der Waals surface area contributed by atoms with Crippen LogP contribution in [0.5, 0.6) is 5.75 Å². The van der Waals surface area contributed by atoms with E-state index < -0.39 is 18.0 Å². The number of nitrogens with one attached hydrogen (secondary N) is 2. The van der Waals surface area contributed by atoms with Gasteiger partial charge in [0.1, 0.15) is 17.0 Å². The number of hydrogen-bond donors (Lipinski definition) is 2. The highest BCUT2D eigenvalue weighted by Crippen LogP contribution is 2.32. The molecule has 0 saturated carbocycles. The number of aliphatic imine (C=N–C) groups is 1. The molecule has 1 amide bonds. The monoisotopic (exact) mass is 505 g/mol. The molecule has 0 radical (unpaired) electrons. The lowest BCUT2D eigenvalue weighted by Crippen LogP contribution is -2.18. The fourth-order valence-electron chi connectivity index (χ4n) is 3.89. The summed E-state index contributed by atoms with van der Waals surface area (Å²) >= 11 is 0. The number of alkyl halides is 3. The van der Waals surface area contributed by atoms with Crippen molar-refractivity contribution in [1.29, 1.82) is 0 Å². The third-order valence-corrected chi connectivity index (χ3v) is 5.50. The number of rotatable bonds is 7. The van der Waals surface area contributed by atoms with Gasteiger partial charge in [0.15, 0.2) is 5.78 Å². The molecule has 2 aromatic carbocycles. The van der Waals surface area contributed by atoms with Gasteiger partial charge in [-0.05, 0) is 36.4 Å². The fraction of sp³-hybridized carbons (Fsp3) is 0.115. The number of pyridine rings is 1. The first-order chi connectivity index (χ1) is 17.8. The third kappa shape index (κ3) is 5.40. The number of Topliss-reactive ketones (excluding diaryl/α,β-unsaturated/α-hetero) is 1. The minimum absolute atomic E-state index is 0.0530. The van der Waals surface area contributed by atoms with Gasteiger partial charge in [0, 0.05) is 35.9 Å². The predicted octanol–water partition coefficient (Wildman–Crippen LogP) is 5.71. The normalized spacial score (nSPS) is 13.0. The van der Waals surface area contributed by atoms with Gasteiger partial charge in [-0.25, -0.2) is 9.97 Å². The Bertz CT molecular complexity index is 1570. The number of aromatic nitrogens is 3. The summed E-state index contributed by atoms with van der Waals surface area (Å²) in [5.74, 6) is -1.14. The molecular formula is C26H18F3N5O3. The van der Waals surface area contributed by atoms with E-state index in [4.69, 9.17) is 0 Å². The average molecular weight is 505 g/mol. The molecular weight excluding hydrogens is 487 g/mol. The van der Waals surface area contributed by atoms with Gasteiger partial charge in [0.05, 0.1) is 11.2 Å². The highest BCUT2D eigenvalue weighted by Gasteiger charge is 2.32. The molecule has 0 bridgehead atoms. The molecule has 1 aliphatic rings. The van der Waals surface area contributed by atoms with Crippen molar-refractivity contribution in [1.82, 2.24) is 15.0 Å². The first-order valence-corrected chi connectivity index (χ1v) is 11.1. The first-order valence-electron chi connectivity index (χ1n) is 11.1. The van der Waals surface area contributed by atoms with Crippen molar-refractivity contribution in [2.75, 3.05) is 5.32 Å². The predicted molar refractivity (Wildman–Crippen MR) is 131 cm³/mol. The first kappa shape index (κ1) is 23.9. The van der Waals surface area contributed by atoms with Crippen molar-refractivity contribution in [3.8, 4) is 17.0 Å². The number of ketones is 1. The highest BCUT2D eigenvalue weighted by molar-refractivity contribution is 6.15. The van der Waals surface area contributed by atoms with Crippen LogP contribution in [0.4, 0.5) is 19.1 Å². The molecule has 0 unspecified atom stereocenters. The molecule has 1 aliphatic heterocycles. The Hall–Kier alpha value is -4.80. The van der Waals surface area contributed by atoms with Crippen LogP contribution in [0.25, 0.3) is 22.3 Å². The average Bonchev–Trinajstić information content (AvgIpc) is 3.52. The smallest absolute Gasteiger partial charge is 0.405 e. The maximum Gasteiger partial charge on any atom is 0.573 e. The van der Waals surface area contributed by atoms with E-state index in [1.165, 1.54) is 42.5 Å². The van der Waals surface area contributed by atoms with Gasteiger partial charge >= 0.3 is 6.36 Å². The zero-order chi connectivity index (χ0) is 26.0. The molecule has 0 saturated heterocycles. The lowest BCUT2D eigenvalue weighted by atomic mass is 10.0. The second-order valence-electron chi connectivity index (χ2n) is 8.08. The number of nitrogens with zero attached hydrogens (tertiary/aromatic N) is 3. The van der Waals surface area contributed by atoms with Crippen LogP contribution in [0.2, 0.25) is 0 Å². The molecule has 0 aliphatic carbocycles. The van der Waals surface area contributed by atoms with Gasteiger partial charge < -0.3 is 9.72 Å². The molecule has 5 rings (SSSR count). The summed E-state index contributed by atoms with van der Waals surface area (Å²) in [4.78, 5) is 41.4. The van der Waals surface area contributed by atoms with Crippen LogP contribution in [-0.4, -0.2) is 38.7 Å². The Morgan fingerprint density at radius 1 is 1.00 bits per heavy atom. The molecule has 37 heavy (non-hydrogen) atoms. The van der Waals surface area contributed by atoms with Gasteiger partial charge in [-0.15, -0.1) is 13.2 Å². The summed E-state index contributed by atoms with van der Waals surface area (Å²) in [6.07, 6.45) is -0.555. The van der Waals surface area contributed by atoms with Crippen molar-refractivity contribution in [3.05, 3.63) is 84.2 Å². The summed E-state index contributed by atoms with van der Waals surface area (Å²) < 4.78 is 42.5. The second kappa shape index (κ2) is 9.69. The SMILES string of the molecule is O=C(Nc1nc2c(C(=O)CC3=NC=CC3)cccc2[nH]1)c1cccc(-c2ccccc2OC(F)(F)F)n1. The summed E-state index contributed by atoms with van der Waals surface area (Å²) in [5.41, 5.74) is 2.24. The number of carbonyl (C=O) groups is 2. The number of benzene rings is 2. The van der Waals surface area contributed by atoms with Gasteiger partial charge in [-0.1, -0.05) is 30.3 Å². The van der Waals surface area contributed by atoms with Crippen LogP contribution >= 0.6 is 0 Å². The maximum absolute atomic E-state index is 12.9. The van der Waals surface area contributed by atoms with Crippen LogP contribution in [0.3, 0.4) is 0 Å². The van der Waals surface area contributed by atoms with Crippen molar-refractivity contribution in [3.63, 3.8) is 0 Å². The Morgan fingerprint density at radius 3 is 2.59 bits per heavy atom. The van der Waals surface area contributed by atoms with Crippen LogP contribution < -0.4 is 10.1 Å². The fourth-order valence-corrected chi connectivity index (χ4v) is 3.89. The number of halogens is 3. The van der Waals surface area contributed by atoms with Crippen LogP contribution in [-0.2, 0) is 0 Å². The largest absolute Gasteiger partial charge is 0.573 e. The molecule has 0 spiro atoms. The topological polar surface area (TPSA) is 109 Å². The Labute approximate surface area is 207 Å². The van der Waals surface area contributed by atoms with E-state index in [1.54, 1.807) is 24.4 Å². The summed E-state index contributed by atoms with van der Waals surface area (Å²) in [6, 6.07) is 15.0. The number of anilines is 1. The second-order valence-corrected chi connectivity index (χ2v) is 8.08. The van der Waals surface area contributed by atoms with Gasteiger partial charge in [-0.2, -0.15) is 0 Å². The third-order valence-electron chi connectivity index (χ3n) is 5.50. The van der Waals surface area contributed by atoms with E-state index >= 15 is 0 Å². The number of amides is 1. The van der Waals surface area contributed by atoms with Gasteiger partial charge in [0.25, 0.3) is 5.91 Å². The summed E-state index contributed by atoms with van der Waals surface area (Å²) in [6.45, 7) is 0. The molecule has 3 heterocycles. The Balaban J connectivity index is 1.38. The van der Waals surface area contributed by atoms with Gasteiger partial charge in [-0.3, -0.25) is 19.9 Å². The van der Waals surface area contributed by atoms with E-state index in [1.807, 2.05) is 6.08 Å². The quantitative estimate of drug-likeness (QED) is 0.313.